The fourth-order valence-electron chi connectivity index (χ4n) is 1.27. The predicted molar refractivity (Wildman–Crippen MR) is 53.2 cm³/mol. The lowest BCUT2D eigenvalue weighted by atomic mass is 10.1. The number of nitrogens with two attached hydrogens (primary N) is 1. The van der Waals surface area contributed by atoms with Crippen LogP contribution in [0.2, 0.25) is 0 Å². The summed E-state index contributed by atoms with van der Waals surface area (Å²) in [4.78, 5) is 7.89. The molecule has 0 saturated carbocycles. The van der Waals surface area contributed by atoms with E-state index in [1.807, 2.05) is 0 Å². The first-order chi connectivity index (χ1) is 6.88. The average molecular weight is 196 g/mol. The van der Waals surface area contributed by atoms with E-state index in [4.69, 9.17) is 10.6 Å². The number of hydrogen-bond donors (Lipinski definition) is 2. The maximum Gasteiger partial charge on any atom is 0.115 e. The van der Waals surface area contributed by atoms with Gasteiger partial charge in [0.2, 0.25) is 0 Å². The minimum atomic E-state index is 0.103. The van der Waals surface area contributed by atoms with Crippen LogP contribution in [0.25, 0.3) is 0 Å². The molecule has 78 valence electrons. The fourth-order valence-corrected chi connectivity index (χ4v) is 1.27. The van der Waals surface area contributed by atoms with Crippen molar-refractivity contribution in [2.75, 3.05) is 13.7 Å². The van der Waals surface area contributed by atoms with Crippen LogP contribution in [-0.2, 0) is 4.74 Å². The second-order valence-corrected chi connectivity index (χ2v) is 3.03. The van der Waals surface area contributed by atoms with Crippen LogP contribution in [-0.4, -0.2) is 23.7 Å². The summed E-state index contributed by atoms with van der Waals surface area (Å²) < 4.78 is 4.97. The summed E-state index contributed by atoms with van der Waals surface area (Å²) in [7, 11) is 1.69. The summed E-state index contributed by atoms with van der Waals surface area (Å²) in [5.74, 6) is 5.44. The molecule has 0 bridgehead atoms. The molecule has 0 spiro atoms. The third-order valence-corrected chi connectivity index (χ3v) is 2.03. The second kappa shape index (κ2) is 6.42. The summed E-state index contributed by atoms with van der Waals surface area (Å²) in [6, 6.07) is 0.103. The van der Waals surface area contributed by atoms with E-state index in [2.05, 4.69) is 15.4 Å². The molecule has 0 aromatic carbocycles. The summed E-state index contributed by atoms with van der Waals surface area (Å²) >= 11 is 0. The molecule has 0 aliphatic rings. The van der Waals surface area contributed by atoms with Crippen molar-refractivity contribution in [1.82, 2.24) is 15.4 Å². The summed E-state index contributed by atoms with van der Waals surface area (Å²) in [5, 5.41) is 0. The van der Waals surface area contributed by atoms with Crippen molar-refractivity contribution in [1.29, 1.82) is 0 Å². The van der Waals surface area contributed by atoms with Crippen molar-refractivity contribution in [2.24, 2.45) is 5.84 Å². The normalized spacial score (nSPS) is 12.7. The highest BCUT2D eigenvalue weighted by molar-refractivity contribution is 5.08. The van der Waals surface area contributed by atoms with E-state index < -0.39 is 0 Å². The number of hydrazine groups is 1. The SMILES string of the molecule is COCCCC(NN)c1cncnc1. The van der Waals surface area contributed by atoms with Gasteiger partial charge in [-0.15, -0.1) is 0 Å². The molecule has 1 unspecified atom stereocenters. The smallest absolute Gasteiger partial charge is 0.115 e. The van der Waals surface area contributed by atoms with Crippen LogP contribution >= 0.6 is 0 Å². The Bertz CT molecular complexity index is 242. The zero-order valence-electron chi connectivity index (χ0n) is 8.31. The van der Waals surface area contributed by atoms with E-state index >= 15 is 0 Å². The molecule has 1 heterocycles. The van der Waals surface area contributed by atoms with Gasteiger partial charge in [0.25, 0.3) is 0 Å². The zero-order valence-corrected chi connectivity index (χ0v) is 8.31. The predicted octanol–water partition coefficient (Wildman–Crippen LogP) is 0.408. The Morgan fingerprint density at radius 1 is 1.50 bits per heavy atom. The van der Waals surface area contributed by atoms with E-state index in [9.17, 15) is 0 Å². The number of nitrogens with zero attached hydrogens (tertiary/aromatic N) is 2. The molecule has 5 nitrogen and oxygen atoms in total. The zero-order chi connectivity index (χ0) is 10.2. The van der Waals surface area contributed by atoms with Gasteiger partial charge in [-0.05, 0) is 12.8 Å². The van der Waals surface area contributed by atoms with Gasteiger partial charge in [0.05, 0.1) is 0 Å². The van der Waals surface area contributed by atoms with Gasteiger partial charge in [0.15, 0.2) is 0 Å². The number of hydrogen-bond acceptors (Lipinski definition) is 5. The molecule has 1 aromatic rings. The number of aromatic nitrogens is 2. The van der Waals surface area contributed by atoms with Crippen LogP contribution in [0, 0.1) is 0 Å². The first kappa shape index (κ1) is 11.0. The summed E-state index contributed by atoms with van der Waals surface area (Å²) in [6.07, 6.45) is 6.92. The number of ether oxygens (including phenoxy) is 1. The van der Waals surface area contributed by atoms with Crippen molar-refractivity contribution in [3.8, 4) is 0 Å². The van der Waals surface area contributed by atoms with Crippen molar-refractivity contribution in [3.63, 3.8) is 0 Å². The molecule has 0 aliphatic carbocycles. The summed E-state index contributed by atoms with van der Waals surface area (Å²) in [6.45, 7) is 0.742. The molecule has 0 radical (unpaired) electrons. The lowest BCUT2D eigenvalue weighted by molar-refractivity contribution is 0.188. The highest BCUT2D eigenvalue weighted by Crippen LogP contribution is 2.14. The molecule has 0 fully saturated rings. The minimum absolute atomic E-state index is 0.103. The lowest BCUT2D eigenvalue weighted by Crippen LogP contribution is -2.28. The maximum absolute atomic E-state index is 5.44. The van der Waals surface area contributed by atoms with Gasteiger partial charge in [-0.1, -0.05) is 0 Å². The van der Waals surface area contributed by atoms with E-state index in [0.29, 0.717) is 0 Å². The van der Waals surface area contributed by atoms with Crippen molar-refractivity contribution >= 4 is 0 Å². The molecule has 0 saturated heterocycles. The van der Waals surface area contributed by atoms with Gasteiger partial charge < -0.3 is 4.74 Å². The van der Waals surface area contributed by atoms with Gasteiger partial charge >= 0.3 is 0 Å². The van der Waals surface area contributed by atoms with Crippen molar-refractivity contribution < 1.29 is 4.74 Å². The Kier molecular flexibility index (Phi) is 5.06. The van der Waals surface area contributed by atoms with Gasteiger partial charge in [0, 0.05) is 37.7 Å². The van der Waals surface area contributed by atoms with E-state index in [0.717, 1.165) is 25.0 Å². The molecule has 0 aliphatic heterocycles. The third kappa shape index (κ3) is 3.37. The van der Waals surface area contributed by atoms with Crippen LogP contribution in [0.15, 0.2) is 18.7 Å². The van der Waals surface area contributed by atoms with Crippen LogP contribution < -0.4 is 11.3 Å². The van der Waals surface area contributed by atoms with Gasteiger partial charge in [-0.2, -0.15) is 0 Å². The fraction of sp³-hybridized carbons (Fsp3) is 0.556. The van der Waals surface area contributed by atoms with E-state index in [-0.39, 0.29) is 6.04 Å². The Balaban J connectivity index is 2.46. The average Bonchev–Trinajstić information content (AvgIpc) is 2.26. The van der Waals surface area contributed by atoms with Crippen LogP contribution in [0.3, 0.4) is 0 Å². The van der Waals surface area contributed by atoms with Gasteiger partial charge in [-0.3, -0.25) is 11.3 Å². The van der Waals surface area contributed by atoms with Crippen LogP contribution in [0.4, 0.5) is 0 Å². The molecule has 0 amide bonds. The second-order valence-electron chi connectivity index (χ2n) is 3.03. The topological polar surface area (TPSA) is 73.1 Å². The Morgan fingerprint density at radius 3 is 2.79 bits per heavy atom. The first-order valence-electron chi connectivity index (χ1n) is 4.58. The lowest BCUT2D eigenvalue weighted by Gasteiger charge is -2.14. The standard InChI is InChI=1S/C9H16N4O/c1-14-4-2-3-9(13-10)8-5-11-7-12-6-8/h5-7,9,13H,2-4,10H2,1H3. The molecular formula is C9H16N4O. The van der Waals surface area contributed by atoms with E-state index in [1.165, 1.54) is 6.33 Å². The minimum Gasteiger partial charge on any atom is -0.385 e. The highest BCUT2D eigenvalue weighted by Gasteiger charge is 2.08. The van der Waals surface area contributed by atoms with E-state index in [1.54, 1.807) is 19.5 Å². The molecule has 14 heavy (non-hydrogen) atoms. The number of nitrogens with one attached hydrogen (secondary N) is 1. The number of methoxy groups -OCH3 is 1. The van der Waals surface area contributed by atoms with Gasteiger partial charge in [0.1, 0.15) is 6.33 Å². The van der Waals surface area contributed by atoms with Crippen molar-refractivity contribution in [2.45, 2.75) is 18.9 Å². The highest BCUT2D eigenvalue weighted by atomic mass is 16.5. The molecule has 1 atom stereocenters. The van der Waals surface area contributed by atoms with Crippen molar-refractivity contribution in [3.05, 3.63) is 24.3 Å². The van der Waals surface area contributed by atoms with Gasteiger partial charge in [-0.25, -0.2) is 9.97 Å². The van der Waals surface area contributed by atoms with Crippen LogP contribution in [0.5, 0.6) is 0 Å². The largest absolute Gasteiger partial charge is 0.385 e. The molecule has 3 N–H and O–H groups in total. The monoisotopic (exact) mass is 196 g/mol. The molecular weight excluding hydrogens is 180 g/mol. The maximum atomic E-state index is 5.44. The Morgan fingerprint density at radius 2 is 2.21 bits per heavy atom. The Labute approximate surface area is 83.7 Å². The third-order valence-electron chi connectivity index (χ3n) is 2.03. The first-order valence-corrected chi connectivity index (χ1v) is 4.58. The number of rotatable bonds is 6. The summed E-state index contributed by atoms with van der Waals surface area (Å²) in [5.41, 5.74) is 3.75. The van der Waals surface area contributed by atoms with Crippen LogP contribution in [0.1, 0.15) is 24.4 Å². The Hall–Kier alpha value is -1.04. The molecule has 1 aromatic heterocycles. The molecule has 5 heteroatoms. The molecule has 1 rings (SSSR count). The quantitative estimate of drug-likeness (QED) is 0.391.